The molecule has 3 aromatic rings. The van der Waals surface area contributed by atoms with Crippen LogP contribution in [-0.4, -0.2) is 44.0 Å². The van der Waals surface area contributed by atoms with Crippen molar-refractivity contribution < 1.29 is 19.1 Å². The maximum Gasteiger partial charge on any atom is 0.355 e. The van der Waals surface area contributed by atoms with Gasteiger partial charge in [0.1, 0.15) is 0 Å². The smallest absolute Gasteiger partial charge is 0.355 e. The monoisotopic (exact) mass is 472 g/mol. The number of hydrogen-bond acceptors (Lipinski definition) is 7. The zero-order valence-electron chi connectivity index (χ0n) is 20.2. The van der Waals surface area contributed by atoms with E-state index in [0.29, 0.717) is 23.4 Å². The maximum atomic E-state index is 12.9. The van der Waals surface area contributed by atoms with Crippen LogP contribution in [0.2, 0.25) is 0 Å². The number of Topliss-reactive ketones (excluding diaryl/α,β-unsaturated/α-hetero) is 1. The molecule has 0 radical (unpaired) electrons. The van der Waals surface area contributed by atoms with Crippen molar-refractivity contribution in [3.05, 3.63) is 77.4 Å². The number of carbonyl (C=O) groups is 3. The predicted molar refractivity (Wildman–Crippen MR) is 134 cm³/mol. The lowest BCUT2D eigenvalue weighted by Gasteiger charge is -2.38. The zero-order chi connectivity index (χ0) is 25.6. The molecule has 1 amide bonds. The minimum absolute atomic E-state index is 0.141. The summed E-state index contributed by atoms with van der Waals surface area (Å²) in [5, 5.41) is 16.2. The minimum Gasteiger partial charge on any atom is -0.463 e. The number of nitrogens with zero attached hydrogens (tertiary/aromatic N) is 2. The Labute approximate surface area is 204 Å². The highest BCUT2D eigenvalue weighted by Crippen LogP contribution is 2.28. The molecule has 35 heavy (non-hydrogen) atoms. The van der Waals surface area contributed by atoms with E-state index in [9.17, 15) is 14.4 Å². The van der Waals surface area contributed by atoms with Crippen LogP contribution in [0.25, 0.3) is 10.8 Å². The molecule has 0 saturated carbocycles. The number of nitriles is 1. The number of amides is 1. The lowest BCUT2D eigenvalue weighted by molar-refractivity contribution is -0.154. The summed E-state index contributed by atoms with van der Waals surface area (Å²) in [5.74, 6) is -1.33. The van der Waals surface area contributed by atoms with Crippen LogP contribution in [0.4, 0.5) is 5.69 Å². The number of ether oxygens (including phenoxy) is 1. The second kappa shape index (κ2) is 10.8. The summed E-state index contributed by atoms with van der Waals surface area (Å²) in [4.78, 5) is 39.8. The summed E-state index contributed by atoms with van der Waals surface area (Å²) in [7, 11) is 3.18. The zero-order valence-corrected chi connectivity index (χ0v) is 20.2. The summed E-state index contributed by atoms with van der Waals surface area (Å²) in [6.45, 7) is 3.48. The topological polar surface area (TPSA) is 112 Å². The van der Waals surface area contributed by atoms with Crippen LogP contribution >= 0.6 is 0 Å². The van der Waals surface area contributed by atoms with Crippen LogP contribution < -0.4 is 15.5 Å². The molecule has 2 N–H and O–H groups in total. The molecular formula is C27H28N4O4. The van der Waals surface area contributed by atoms with Crippen molar-refractivity contribution in [2.45, 2.75) is 26.1 Å². The number of ketones is 1. The quantitative estimate of drug-likeness (QED) is 0.280. The standard InChI is InChI=1S/C27H28N4O4/c1-5-35-26(34)27(29-3,18(2)32)31(4)22-13-14-23-21(15-22)7-6-8-24(23)25(33)30-17-20-11-9-19(16-28)10-12-20/h6-15,29H,5,17H2,1-4H3,(H,30,33). The second-order valence-corrected chi connectivity index (χ2v) is 8.00. The van der Waals surface area contributed by atoms with Crippen molar-refractivity contribution in [2.24, 2.45) is 0 Å². The summed E-state index contributed by atoms with van der Waals surface area (Å²) in [6, 6.07) is 19.9. The van der Waals surface area contributed by atoms with Gasteiger partial charge >= 0.3 is 5.97 Å². The summed E-state index contributed by atoms with van der Waals surface area (Å²) in [6.07, 6.45) is 0. The summed E-state index contributed by atoms with van der Waals surface area (Å²) >= 11 is 0. The van der Waals surface area contributed by atoms with E-state index in [4.69, 9.17) is 10.00 Å². The second-order valence-electron chi connectivity index (χ2n) is 8.00. The van der Waals surface area contributed by atoms with Crippen molar-refractivity contribution >= 4 is 34.1 Å². The number of rotatable bonds is 9. The first-order chi connectivity index (χ1) is 16.8. The highest BCUT2D eigenvalue weighted by molar-refractivity contribution is 6.11. The number of carbonyl (C=O) groups excluding carboxylic acids is 3. The Hall–Kier alpha value is -4.22. The molecule has 0 aliphatic carbocycles. The Morgan fingerprint density at radius 2 is 1.80 bits per heavy atom. The fourth-order valence-corrected chi connectivity index (χ4v) is 4.04. The molecule has 180 valence electrons. The van der Waals surface area contributed by atoms with Crippen molar-refractivity contribution in [3.63, 3.8) is 0 Å². The highest BCUT2D eigenvalue weighted by atomic mass is 16.5. The third-order valence-corrected chi connectivity index (χ3v) is 5.98. The lowest BCUT2D eigenvalue weighted by atomic mass is 10.00. The number of esters is 1. The molecule has 0 heterocycles. The van der Waals surface area contributed by atoms with Crippen LogP contribution in [0.5, 0.6) is 0 Å². The fourth-order valence-electron chi connectivity index (χ4n) is 4.04. The van der Waals surface area contributed by atoms with Crippen LogP contribution in [0, 0.1) is 11.3 Å². The minimum atomic E-state index is -1.68. The first kappa shape index (κ1) is 25.4. The summed E-state index contributed by atoms with van der Waals surface area (Å²) in [5.41, 5.74) is 0.866. The van der Waals surface area contributed by atoms with Gasteiger partial charge in [-0.25, -0.2) is 4.79 Å². The van der Waals surface area contributed by atoms with Crippen molar-refractivity contribution in [3.8, 4) is 6.07 Å². The lowest BCUT2D eigenvalue weighted by Crippen LogP contribution is -2.67. The largest absolute Gasteiger partial charge is 0.463 e. The van der Waals surface area contributed by atoms with Crippen LogP contribution in [0.15, 0.2) is 60.7 Å². The molecule has 0 aromatic heterocycles. The molecule has 3 rings (SSSR count). The molecule has 1 atom stereocenters. The molecule has 3 aromatic carbocycles. The van der Waals surface area contributed by atoms with Crippen molar-refractivity contribution in [1.82, 2.24) is 10.6 Å². The van der Waals surface area contributed by atoms with E-state index in [-0.39, 0.29) is 12.5 Å². The third kappa shape index (κ3) is 5.00. The van der Waals surface area contributed by atoms with Gasteiger partial charge in [-0.15, -0.1) is 0 Å². The Morgan fingerprint density at radius 1 is 1.09 bits per heavy atom. The molecule has 0 saturated heterocycles. The van der Waals surface area contributed by atoms with E-state index in [1.54, 1.807) is 67.4 Å². The van der Waals surface area contributed by atoms with Crippen molar-refractivity contribution in [2.75, 3.05) is 25.6 Å². The molecule has 0 spiro atoms. The molecule has 8 nitrogen and oxygen atoms in total. The van der Waals surface area contributed by atoms with Gasteiger partial charge in [0.25, 0.3) is 11.6 Å². The Morgan fingerprint density at radius 3 is 2.40 bits per heavy atom. The van der Waals surface area contributed by atoms with Gasteiger partial charge in [-0.3, -0.25) is 14.9 Å². The van der Waals surface area contributed by atoms with Crippen LogP contribution in [-0.2, 0) is 20.9 Å². The van der Waals surface area contributed by atoms with Gasteiger partial charge in [-0.05, 0) is 67.6 Å². The number of fused-ring (bicyclic) bond motifs is 1. The number of benzene rings is 3. The average molecular weight is 473 g/mol. The van der Waals surface area contributed by atoms with Gasteiger partial charge in [0.15, 0.2) is 5.78 Å². The van der Waals surface area contributed by atoms with Gasteiger partial charge in [0.2, 0.25) is 0 Å². The first-order valence-corrected chi connectivity index (χ1v) is 11.2. The van der Waals surface area contributed by atoms with E-state index in [2.05, 4.69) is 16.7 Å². The molecule has 1 unspecified atom stereocenters. The molecule has 0 fully saturated rings. The van der Waals surface area contributed by atoms with Gasteiger partial charge in [0, 0.05) is 24.8 Å². The Bertz CT molecular complexity index is 1300. The van der Waals surface area contributed by atoms with Gasteiger partial charge in [-0.1, -0.05) is 30.3 Å². The third-order valence-electron chi connectivity index (χ3n) is 5.98. The van der Waals surface area contributed by atoms with Crippen LogP contribution in [0.3, 0.4) is 0 Å². The van der Waals surface area contributed by atoms with Gasteiger partial charge in [0.05, 0.1) is 18.2 Å². The van der Waals surface area contributed by atoms with Gasteiger partial charge < -0.3 is 15.0 Å². The fraction of sp³-hybridized carbons (Fsp3) is 0.259. The molecule has 0 bridgehead atoms. The SMILES string of the molecule is CCOC(=O)C(NC)(C(C)=O)N(C)c1ccc2c(C(=O)NCc3ccc(C#N)cc3)cccc2c1. The average Bonchev–Trinajstić information content (AvgIpc) is 2.87. The summed E-state index contributed by atoms with van der Waals surface area (Å²) < 4.78 is 5.18. The van der Waals surface area contributed by atoms with E-state index >= 15 is 0 Å². The van der Waals surface area contributed by atoms with E-state index in [1.807, 2.05) is 12.1 Å². The number of anilines is 1. The molecule has 0 aliphatic rings. The number of likely N-dealkylation sites (N-methyl/N-ethyl adjacent to an activating group) is 2. The van der Waals surface area contributed by atoms with Crippen LogP contribution in [0.1, 0.15) is 35.3 Å². The maximum absolute atomic E-state index is 12.9. The highest BCUT2D eigenvalue weighted by Gasteiger charge is 2.48. The molecule has 0 aliphatic heterocycles. The first-order valence-electron chi connectivity index (χ1n) is 11.2. The van der Waals surface area contributed by atoms with Crippen molar-refractivity contribution in [1.29, 1.82) is 5.26 Å². The molecular weight excluding hydrogens is 444 g/mol. The predicted octanol–water partition coefficient (Wildman–Crippen LogP) is 3.15. The number of hydrogen-bond donors (Lipinski definition) is 2. The Balaban J connectivity index is 1.90. The van der Waals surface area contributed by atoms with Gasteiger partial charge in [-0.2, -0.15) is 5.26 Å². The van der Waals surface area contributed by atoms with E-state index in [1.165, 1.54) is 14.0 Å². The van der Waals surface area contributed by atoms with E-state index < -0.39 is 17.4 Å². The normalized spacial score (nSPS) is 12.3. The molecule has 8 heteroatoms. The van der Waals surface area contributed by atoms with E-state index in [0.717, 1.165) is 16.3 Å². The number of nitrogens with one attached hydrogen (secondary N) is 2. The Kier molecular flexibility index (Phi) is 7.84.